The molecule has 0 aliphatic heterocycles. The molecular weight excluding hydrogens is 312 g/mol. The summed E-state index contributed by atoms with van der Waals surface area (Å²) >= 11 is 5.59. The van der Waals surface area contributed by atoms with Crippen LogP contribution in [0.4, 0.5) is 5.69 Å². The first-order valence-electron chi connectivity index (χ1n) is 5.37. The number of sulfonamides is 1. The second kappa shape index (κ2) is 6.64. The number of esters is 1. The van der Waals surface area contributed by atoms with Crippen LogP contribution in [0.3, 0.4) is 0 Å². The quantitative estimate of drug-likeness (QED) is 0.476. The first kappa shape index (κ1) is 16.3. The topological polar surface area (TPSA) is 116 Å². The molecule has 0 bridgehead atoms. The van der Waals surface area contributed by atoms with Crippen LogP contribution in [0, 0.1) is 10.1 Å². The number of halogens is 1. The highest BCUT2D eigenvalue weighted by molar-refractivity contribution is 7.89. The van der Waals surface area contributed by atoms with Gasteiger partial charge in [-0.15, -0.1) is 0 Å². The van der Waals surface area contributed by atoms with Gasteiger partial charge in [-0.3, -0.25) is 14.9 Å². The van der Waals surface area contributed by atoms with Gasteiger partial charge in [0.1, 0.15) is 6.54 Å². The van der Waals surface area contributed by atoms with E-state index in [1.807, 2.05) is 4.72 Å². The summed E-state index contributed by atoms with van der Waals surface area (Å²) in [7, 11) is -4.22. The number of ether oxygens (including phenoxy) is 1. The molecule has 1 aromatic rings. The molecule has 0 saturated heterocycles. The number of hydrogen-bond donors (Lipinski definition) is 1. The molecule has 1 N–H and O–H groups in total. The maximum absolute atomic E-state index is 11.9. The Bertz CT molecular complexity index is 631. The third kappa shape index (κ3) is 4.15. The summed E-state index contributed by atoms with van der Waals surface area (Å²) in [6, 6.07) is 3.11. The van der Waals surface area contributed by atoms with E-state index in [9.17, 15) is 23.3 Å². The fraction of sp³-hybridized carbons (Fsp3) is 0.300. The van der Waals surface area contributed by atoms with E-state index >= 15 is 0 Å². The van der Waals surface area contributed by atoms with Gasteiger partial charge in [-0.1, -0.05) is 11.6 Å². The number of nitro benzene ring substituents is 1. The lowest BCUT2D eigenvalue weighted by molar-refractivity contribution is -0.387. The van der Waals surface area contributed by atoms with Gasteiger partial charge in [-0.25, -0.2) is 8.42 Å². The maximum Gasteiger partial charge on any atom is 0.321 e. The lowest BCUT2D eigenvalue weighted by Crippen LogP contribution is -2.31. The van der Waals surface area contributed by atoms with Crippen LogP contribution < -0.4 is 4.72 Å². The Balaban J connectivity index is 3.04. The third-order valence-corrected chi connectivity index (χ3v) is 3.80. The van der Waals surface area contributed by atoms with Crippen LogP contribution in [0.2, 0.25) is 5.02 Å². The minimum absolute atomic E-state index is 0.0287. The molecule has 0 atom stereocenters. The van der Waals surface area contributed by atoms with Crippen molar-refractivity contribution in [2.24, 2.45) is 0 Å². The fourth-order valence-corrected chi connectivity index (χ4v) is 2.59. The number of rotatable bonds is 6. The van der Waals surface area contributed by atoms with Gasteiger partial charge in [0.2, 0.25) is 10.0 Å². The van der Waals surface area contributed by atoms with Gasteiger partial charge < -0.3 is 4.74 Å². The average Bonchev–Trinajstić information content (AvgIpc) is 2.36. The summed E-state index contributed by atoms with van der Waals surface area (Å²) in [6.45, 7) is 1.05. The molecule has 1 rings (SSSR count). The van der Waals surface area contributed by atoms with Crippen molar-refractivity contribution in [1.29, 1.82) is 0 Å². The first-order valence-corrected chi connectivity index (χ1v) is 7.23. The van der Waals surface area contributed by atoms with Gasteiger partial charge in [0.25, 0.3) is 5.69 Å². The van der Waals surface area contributed by atoms with Crippen molar-refractivity contribution in [3.05, 3.63) is 33.3 Å². The molecule has 0 spiro atoms. The van der Waals surface area contributed by atoms with Gasteiger partial charge in [-0.2, -0.15) is 4.72 Å². The predicted molar refractivity (Wildman–Crippen MR) is 69.9 cm³/mol. The lowest BCUT2D eigenvalue weighted by atomic mass is 10.3. The van der Waals surface area contributed by atoms with Crippen molar-refractivity contribution in [3.8, 4) is 0 Å². The minimum atomic E-state index is -4.22. The number of hydrogen-bond acceptors (Lipinski definition) is 6. The van der Waals surface area contributed by atoms with Gasteiger partial charge in [0.15, 0.2) is 4.90 Å². The van der Waals surface area contributed by atoms with Gasteiger partial charge in [0.05, 0.1) is 11.5 Å². The highest BCUT2D eigenvalue weighted by Gasteiger charge is 2.26. The van der Waals surface area contributed by atoms with Gasteiger partial charge >= 0.3 is 5.97 Å². The fourth-order valence-electron chi connectivity index (χ4n) is 1.30. The van der Waals surface area contributed by atoms with Crippen molar-refractivity contribution in [2.45, 2.75) is 11.8 Å². The molecule has 0 aliphatic rings. The number of nitrogens with one attached hydrogen (secondary N) is 1. The second-order valence-electron chi connectivity index (χ2n) is 3.50. The Kier molecular flexibility index (Phi) is 5.43. The molecule has 10 heteroatoms. The van der Waals surface area contributed by atoms with Crippen molar-refractivity contribution < 1.29 is 22.9 Å². The number of carbonyl (C=O) groups is 1. The highest BCUT2D eigenvalue weighted by Crippen LogP contribution is 2.26. The van der Waals surface area contributed by atoms with Crippen LogP contribution in [-0.2, 0) is 19.6 Å². The summed E-state index contributed by atoms with van der Waals surface area (Å²) in [5.74, 6) is -0.785. The number of carbonyl (C=O) groups excluding carboxylic acids is 1. The first-order chi connectivity index (χ1) is 9.27. The molecule has 0 amide bonds. The molecule has 0 aromatic heterocycles. The monoisotopic (exact) mass is 322 g/mol. The summed E-state index contributed by atoms with van der Waals surface area (Å²) in [6.07, 6.45) is 0. The molecule has 0 unspecified atom stereocenters. The average molecular weight is 323 g/mol. The minimum Gasteiger partial charge on any atom is -0.465 e. The number of benzene rings is 1. The van der Waals surface area contributed by atoms with Crippen LogP contribution in [0.15, 0.2) is 23.1 Å². The molecule has 20 heavy (non-hydrogen) atoms. The van der Waals surface area contributed by atoms with E-state index < -0.39 is 38.0 Å². The SMILES string of the molecule is CCOC(=O)CNS(=O)(=O)c1ccc(Cl)cc1[N+](=O)[O-]. The molecule has 8 nitrogen and oxygen atoms in total. The Hall–Kier alpha value is -1.71. The Morgan fingerprint density at radius 2 is 2.15 bits per heavy atom. The zero-order valence-electron chi connectivity index (χ0n) is 10.3. The van der Waals surface area contributed by atoms with Crippen molar-refractivity contribution in [3.63, 3.8) is 0 Å². The van der Waals surface area contributed by atoms with Crippen molar-refractivity contribution in [2.75, 3.05) is 13.2 Å². The van der Waals surface area contributed by atoms with Crippen LogP contribution in [0.5, 0.6) is 0 Å². The summed E-state index contributed by atoms with van der Waals surface area (Å²) in [4.78, 5) is 20.5. The zero-order chi connectivity index (χ0) is 15.3. The molecular formula is C10H11ClN2O6S. The van der Waals surface area contributed by atoms with E-state index in [0.717, 1.165) is 12.1 Å². The molecule has 1 aromatic carbocycles. The molecule has 0 aliphatic carbocycles. The maximum atomic E-state index is 11.9. The molecule has 0 radical (unpaired) electrons. The van der Waals surface area contributed by atoms with E-state index in [2.05, 4.69) is 4.74 Å². The Morgan fingerprint density at radius 3 is 2.70 bits per heavy atom. The van der Waals surface area contributed by atoms with Crippen molar-refractivity contribution in [1.82, 2.24) is 4.72 Å². The number of nitro groups is 1. The predicted octanol–water partition coefficient (Wildman–Crippen LogP) is 1.09. The van der Waals surface area contributed by atoms with E-state index in [1.54, 1.807) is 6.92 Å². The summed E-state index contributed by atoms with van der Waals surface area (Å²) < 4.78 is 30.3. The smallest absolute Gasteiger partial charge is 0.321 e. The Labute approximate surface area is 119 Å². The van der Waals surface area contributed by atoms with Crippen LogP contribution in [0.1, 0.15) is 6.92 Å². The number of nitrogens with zero attached hydrogens (tertiary/aromatic N) is 1. The van der Waals surface area contributed by atoms with Crippen LogP contribution in [-0.4, -0.2) is 32.5 Å². The summed E-state index contributed by atoms with van der Waals surface area (Å²) in [5, 5.41) is 10.9. The second-order valence-corrected chi connectivity index (χ2v) is 5.67. The third-order valence-electron chi connectivity index (χ3n) is 2.12. The van der Waals surface area contributed by atoms with Gasteiger partial charge in [0, 0.05) is 11.1 Å². The zero-order valence-corrected chi connectivity index (χ0v) is 11.9. The van der Waals surface area contributed by atoms with E-state index in [4.69, 9.17) is 11.6 Å². The van der Waals surface area contributed by atoms with E-state index in [0.29, 0.717) is 0 Å². The molecule has 0 saturated carbocycles. The van der Waals surface area contributed by atoms with Crippen LogP contribution in [0.25, 0.3) is 0 Å². The van der Waals surface area contributed by atoms with E-state index in [1.165, 1.54) is 6.07 Å². The van der Waals surface area contributed by atoms with Crippen LogP contribution >= 0.6 is 11.6 Å². The van der Waals surface area contributed by atoms with Gasteiger partial charge in [-0.05, 0) is 19.1 Å². The lowest BCUT2D eigenvalue weighted by Gasteiger charge is -2.07. The largest absolute Gasteiger partial charge is 0.465 e. The van der Waals surface area contributed by atoms with Crippen molar-refractivity contribution >= 4 is 33.3 Å². The summed E-state index contributed by atoms with van der Waals surface area (Å²) in [5.41, 5.74) is -0.672. The normalized spacial score (nSPS) is 11.1. The van der Waals surface area contributed by atoms with E-state index in [-0.39, 0.29) is 11.6 Å². The Morgan fingerprint density at radius 1 is 1.50 bits per heavy atom. The standard InChI is InChI=1S/C10H11ClN2O6S/c1-2-19-10(14)6-12-20(17,18)9-4-3-7(11)5-8(9)13(15)16/h3-5,12H,2,6H2,1H3. The highest BCUT2D eigenvalue weighted by atomic mass is 35.5. The molecule has 110 valence electrons. The molecule has 0 fully saturated rings. The molecule has 0 heterocycles.